The van der Waals surface area contributed by atoms with Crippen molar-refractivity contribution in [2.75, 3.05) is 29.9 Å². The number of nitrogens with zero attached hydrogens (tertiary/aromatic N) is 1. The summed E-state index contributed by atoms with van der Waals surface area (Å²) in [7, 11) is 0. The third kappa shape index (κ3) is 7.06. The molecule has 2 aromatic rings. The molecule has 0 aromatic heterocycles. The second-order valence-corrected chi connectivity index (χ2v) is 7.77. The van der Waals surface area contributed by atoms with Crippen LogP contribution in [0.15, 0.2) is 48.5 Å². The minimum atomic E-state index is -0.111. The lowest BCUT2D eigenvalue weighted by atomic mass is 10.1. The number of piperidine rings is 1. The van der Waals surface area contributed by atoms with E-state index < -0.39 is 0 Å². The summed E-state index contributed by atoms with van der Waals surface area (Å²) in [6, 6.07) is 16.1. The first-order chi connectivity index (χ1) is 14.1. The van der Waals surface area contributed by atoms with Gasteiger partial charge in [0.25, 0.3) is 0 Å². The summed E-state index contributed by atoms with van der Waals surface area (Å²) in [6.07, 6.45) is 4.83. The maximum absolute atomic E-state index is 12.1. The monoisotopic (exact) mass is 411 g/mol. The Kier molecular flexibility index (Phi) is 7.87. The molecule has 0 radical (unpaired) electrons. The summed E-state index contributed by atoms with van der Waals surface area (Å²) in [4.78, 5) is 14.5. The molecule has 1 saturated heterocycles. The molecule has 1 aliphatic heterocycles. The molecular weight excluding hydrogens is 382 g/mol. The van der Waals surface area contributed by atoms with Gasteiger partial charge in [-0.2, -0.15) is 0 Å². The second kappa shape index (κ2) is 10.8. The molecule has 1 aliphatic rings. The normalized spacial score (nSPS) is 13.6. The van der Waals surface area contributed by atoms with Crippen LogP contribution in [0, 0.1) is 6.92 Å². The van der Waals surface area contributed by atoms with Crippen LogP contribution in [-0.4, -0.2) is 30.7 Å². The van der Waals surface area contributed by atoms with Gasteiger partial charge < -0.3 is 20.3 Å². The van der Waals surface area contributed by atoms with Gasteiger partial charge in [-0.15, -0.1) is 0 Å². The predicted molar refractivity (Wildman–Crippen MR) is 123 cm³/mol. The Balaban J connectivity index is 1.35. The maximum atomic E-state index is 12.1. The molecule has 5 nitrogen and oxygen atoms in total. The van der Waals surface area contributed by atoms with Crippen molar-refractivity contribution in [3.8, 4) is 5.75 Å². The zero-order valence-electron chi connectivity index (χ0n) is 16.9. The van der Waals surface area contributed by atoms with Crippen molar-refractivity contribution in [2.45, 2.75) is 39.0 Å². The maximum Gasteiger partial charge on any atom is 0.226 e. The molecule has 29 heavy (non-hydrogen) atoms. The molecule has 0 aliphatic carbocycles. The molecule has 1 heterocycles. The SMILES string of the molecule is Cc1ccc(OCCCC(=O)NC(=S)Nc2ccc(N3CCCCC3)cc2)cc1. The van der Waals surface area contributed by atoms with Crippen LogP contribution in [0.1, 0.15) is 37.7 Å². The zero-order valence-corrected chi connectivity index (χ0v) is 17.8. The van der Waals surface area contributed by atoms with E-state index in [1.807, 2.05) is 43.3 Å². The number of hydrogen-bond acceptors (Lipinski definition) is 4. The highest BCUT2D eigenvalue weighted by atomic mass is 32.1. The topological polar surface area (TPSA) is 53.6 Å². The molecule has 2 N–H and O–H groups in total. The second-order valence-electron chi connectivity index (χ2n) is 7.36. The minimum Gasteiger partial charge on any atom is -0.494 e. The van der Waals surface area contributed by atoms with Crippen molar-refractivity contribution in [1.82, 2.24) is 5.32 Å². The van der Waals surface area contributed by atoms with Gasteiger partial charge in [-0.05, 0) is 81.2 Å². The van der Waals surface area contributed by atoms with E-state index in [1.54, 1.807) is 0 Å². The quantitative estimate of drug-likeness (QED) is 0.513. The summed E-state index contributed by atoms with van der Waals surface area (Å²) in [6.45, 7) is 4.77. The first kappa shape index (κ1) is 21.1. The Morgan fingerprint density at radius 3 is 2.41 bits per heavy atom. The molecule has 6 heteroatoms. The van der Waals surface area contributed by atoms with Crippen molar-refractivity contribution in [2.24, 2.45) is 0 Å². The van der Waals surface area contributed by atoms with Gasteiger partial charge in [0.15, 0.2) is 5.11 Å². The van der Waals surface area contributed by atoms with Crippen LogP contribution >= 0.6 is 12.2 Å². The number of benzene rings is 2. The third-order valence-corrected chi connectivity index (χ3v) is 5.14. The van der Waals surface area contributed by atoms with E-state index in [2.05, 4.69) is 27.7 Å². The highest BCUT2D eigenvalue weighted by Gasteiger charge is 2.11. The fraction of sp³-hybridized carbons (Fsp3) is 0.391. The molecule has 0 saturated carbocycles. The minimum absolute atomic E-state index is 0.111. The summed E-state index contributed by atoms with van der Waals surface area (Å²) < 4.78 is 5.64. The summed E-state index contributed by atoms with van der Waals surface area (Å²) >= 11 is 5.25. The number of nitrogens with one attached hydrogen (secondary N) is 2. The first-order valence-corrected chi connectivity index (χ1v) is 10.7. The van der Waals surface area contributed by atoms with Crippen LogP contribution in [0.4, 0.5) is 11.4 Å². The molecule has 1 amide bonds. The largest absolute Gasteiger partial charge is 0.494 e. The lowest BCUT2D eigenvalue weighted by Crippen LogP contribution is -2.34. The van der Waals surface area contributed by atoms with E-state index in [0.29, 0.717) is 24.6 Å². The molecule has 2 aromatic carbocycles. The molecule has 0 atom stereocenters. The Morgan fingerprint density at radius 1 is 1.03 bits per heavy atom. The fourth-order valence-electron chi connectivity index (χ4n) is 3.32. The van der Waals surface area contributed by atoms with Crippen LogP contribution in [0.25, 0.3) is 0 Å². The zero-order chi connectivity index (χ0) is 20.5. The fourth-order valence-corrected chi connectivity index (χ4v) is 3.55. The van der Waals surface area contributed by atoms with Crippen molar-refractivity contribution in [3.63, 3.8) is 0 Å². The average Bonchev–Trinajstić information content (AvgIpc) is 2.73. The van der Waals surface area contributed by atoms with E-state index in [0.717, 1.165) is 24.5 Å². The van der Waals surface area contributed by atoms with Crippen molar-refractivity contribution in [1.29, 1.82) is 0 Å². The van der Waals surface area contributed by atoms with Gasteiger partial charge in [-0.3, -0.25) is 4.79 Å². The number of thiocarbonyl (C=S) groups is 1. The van der Waals surface area contributed by atoms with Crippen molar-refractivity contribution >= 4 is 34.6 Å². The number of carbonyl (C=O) groups is 1. The van der Waals surface area contributed by atoms with E-state index in [1.165, 1.54) is 30.5 Å². The van der Waals surface area contributed by atoms with Crippen LogP contribution in [-0.2, 0) is 4.79 Å². The third-order valence-electron chi connectivity index (χ3n) is 4.94. The Hall–Kier alpha value is -2.60. The van der Waals surface area contributed by atoms with Gasteiger partial charge in [0.05, 0.1) is 6.61 Å². The van der Waals surface area contributed by atoms with Gasteiger partial charge in [0.1, 0.15) is 5.75 Å². The van der Waals surface area contributed by atoms with E-state index in [-0.39, 0.29) is 5.91 Å². The summed E-state index contributed by atoms with van der Waals surface area (Å²) in [5.41, 5.74) is 3.30. The highest BCUT2D eigenvalue weighted by Crippen LogP contribution is 2.21. The number of hydrogen-bond donors (Lipinski definition) is 2. The van der Waals surface area contributed by atoms with Gasteiger partial charge in [-0.25, -0.2) is 0 Å². The standard InChI is InChI=1S/C23H29N3O2S/c1-18-7-13-21(14-8-18)28-17-5-6-22(27)25-23(29)24-19-9-11-20(12-10-19)26-15-3-2-4-16-26/h7-14H,2-6,15-17H2,1H3,(H2,24,25,27,29). The first-order valence-electron chi connectivity index (χ1n) is 10.3. The van der Waals surface area contributed by atoms with Gasteiger partial charge in [0.2, 0.25) is 5.91 Å². The van der Waals surface area contributed by atoms with E-state index in [9.17, 15) is 4.79 Å². The Labute approximate surface area is 178 Å². The van der Waals surface area contributed by atoms with Gasteiger partial charge in [-0.1, -0.05) is 17.7 Å². The number of aryl methyl sites for hydroxylation is 1. The molecule has 0 spiro atoms. The molecule has 0 unspecified atom stereocenters. The molecular formula is C23H29N3O2S. The van der Waals surface area contributed by atoms with Crippen LogP contribution in [0.2, 0.25) is 0 Å². The van der Waals surface area contributed by atoms with Gasteiger partial charge in [0, 0.05) is 30.9 Å². The molecule has 0 bridgehead atoms. The summed E-state index contributed by atoms with van der Waals surface area (Å²) in [5.74, 6) is 0.709. The number of rotatable bonds is 7. The molecule has 154 valence electrons. The highest BCUT2D eigenvalue weighted by molar-refractivity contribution is 7.80. The van der Waals surface area contributed by atoms with Crippen molar-refractivity contribution < 1.29 is 9.53 Å². The lowest BCUT2D eigenvalue weighted by molar-refractivity contribution is -0.119. The molecule has 3 rings (SSSR count). The van der Waals surface area contributed by atoms with Crippen LogP contribution in [0.5, 0.6) is 5.75 Å². The predicted octanol–water partition coefficient (Wildman–Crippen LogP) is 4.66. The van der Waals surface area contributed by atoms with Crippen LogP contribution in [0.3, 0.4) is 0 Å². The van der Waals surface area contributed by atoms with E-state index >= 15 is 0 Å². The number of anilines is 2. The Bertz CT molecular complexity index is 800. The Morgan fingerprint density at radius 2 is 1.72 bits per heavy atom. The summed E-state index contributed by atoms with van der Waals surface area (Å²) in [5, 5.41) is 6.12. The lowest BCUT2D eigenvalue weighted by Gasteiger charge is -2.28. The van der Waals surface area contributed by atoms with Crippen molar-refractivity contribution in [3.05, 3.63) is 54.1 Å². The molecule has 1 fully saturated rings. The number of amides is 1. The number of carbonyl (C=O) groups excluding carboxylic acids is 1. The smallest absolute Gasteiger partial charge is 0.226 e. The average molecular weight is 412 g/mol. The van der Waals surface area contributed by atoms with Gasteiger partial charge >= 0.3 is 0 Å². The number of ether oxygens (including phenoxy) is 1. The van der Waals surface area contributed by atoms with Crippen LogP contribution < -0.4 is 20.3 Å². The van der Waals surface area contributed by atoms with E-state index in [4.69, 9.17) is 17.0 Å².